The molecular weight excluding hydrogens is 202 g/mol. The third kappa shape index (κ3) is 2.31. The Morgan fingerprint density at radius 1 is 1.64 bits per heavy atom. The van der Waals surface area contributed by atoms with Crippen molar-refractivity contribution in [3.8, 4) is 0 Å². The molecule has 0 heterocycles. The molecule has 2 N–H and O–H groups in total. The quantitative estimate of drug-likeness (QED) is 0.801. The van der Waals surface area contributed by atoms with E-state index in [0.717, 1.165) is 4.47 Å². The molecule has 0 bridgehead atoms. The lowest BCUT2D eigenvalue weighted by molar-refractivity contribution is 0.772. The summed E-state index contributed by atoms with van der Waals surface area (Å²) in [5.41, 5.74) is 6.69. The van der Waals surface area contributed by atoms with Gasteiger partial charge in [0.05, 0.1) is 0 Å². The number of nitrogens with two attached hydrogens (primary N) is 1. The van der Waals surface area contributed by atoms with Crippen LogP contribution < -0.4 is 5.73 Å². The highest BCUT2D eigenvalue weighted by Gasteiger charge is 2.02. The predicted octanol–water partition coefficient (Wildman–Crippen LogP) is 2.31. The van der Waals surface area contributed by atoms with Gasteiger partial charge in [-0.1, -0.05) is 35.0 Å². The Morgan fingerprint density at radius 2 is 2.36 bits per heavy atom. The molecule has 0 fully saturated rings. The standard InChI is InChI=1S/C9H11BrN/c1-7(6-11)8-3-2-4-9(10)5-8/h2-4,7H,6,11H2,1H3. The number of hydrogen-bond donors (Lipinski definition) is 1. The summed E-state index contributed by atoms with van der Waals surface area (Å²) in [6.45, 7) is 2.77. The first-order valence-electron chi connectivity index (χ1n) is 3.62. The minimum atomic E-state index is 0.396. The molecule has 1 unspecified atom stereocenters. The highest BCUT2D eigenvalue weighted by Crippen LogP contribution is 2.17. The van der Waals surface area contributed by atoms with Gasteiger partial charge in [-0.2, -0.15) is 0 Å². The molecule has 11 heavy (non-hydrogen) atoms. The highest BCUT2D eigenvalue weighted by molar-refractivity contribution is 9.10. The van der Waals surface area contributed by atoms with Gasteiger partial charge in [-0.15, -0.1) is 0 Å². The molecular formula is C9H11BrN. The van der Waals surface area contributed by atoms with Crippen LogP contribution >= 0.6 is 15.9 Å². The Bertz CT molecular complexity index is 235. The molecule has 0 aliphatic carbocycles. The first-order chi connectivity index (χ1) is 5.24. The largest absolute Gasteiger partial charge is 0.330 e. The van der Waals surface area contributed by atoms with Crippen LogP contribution in [-0.4, -0.2) is 6.54 Å². The lowest BCUT2D eigenvalue weighted by Gasteiger charge is -2.07. The molecule has 0 saturated heterocycles. The second-order valence-electron chi connectivity index (χ2n) is 2.59. The second kappa shape index (κ2) is 3.88. The van der Waals surface area contributed by atoms with E-state index in [1.54, 1.807) is 0 Å². The fraction of sp³-hybridized carbons (Fsp3) is 0.333. The van der Waals surface area contributed by atoms with Crippen molar-refractivity contribution in [1.29, 1.82) is 0 Å². The first-order valence-corrected chi connectivity index (χ1v) is 4.41. The van der Waals surface area contributed by atoms with E-state index in [0.29, 0.717) is 12.5 Å². The molecule has 1 atom stereocenters. The Labute approximate surface area is 75.7 Å². The van der Waals surface area contributed by atoms with Crippen molar-refractivity contribution in [2.24, 2.45) is 5.73 Å². The normalized spacial score (nSPS) is 13.0. The summed E-state index contributed by atoms with van der Waals surface area (Å²) < 4.78 is 0.996. The molecule has 0 saturated carbocycles. The summed E-state index contributed by atoms with van der Waals surface area (Å²) in [7, 11) is 0. The van der Waals surface area contributed by atoms with E-state index in [1.807, 2.05) is 18.2 Å². The summed E-state index contributed by atoms with van der Waals surface area (Å²) in [4.78, 5) is 0. The van der Waals surface area contributed by atoms with Crippen molar-refractivity contribution in [2.75, 3.05) is 6.54 Å². The molecule has 1 aromatic rings. The van der Waals surface area contributed by atoms with Crippen LogP contribution in [-0.2, 0) is 0 Å². The van der Waals surface area contributed by atoms with Gasteiger partial charge in [0.15, 0.2) is 0 Å². The van der Waals surface area contributed by atoms with Crippen molar-refractivity contribution in [3.05, 3.63) is 34.3 Å². The van der Waals surface area contributed by atoms with Crippen LogP contribution in [0.1, 0.15) is 18.4 Å². The molecule has 0 amide bonds. The fourth-order valence-corrected chi connectivity index (χ4v) is 1.25. The molecule has 0 aliphatic heterocycles. The van der Waals surface area contributed by atoms with Crippen molar-refractivity contribution < 1.29 is 0 Å². The third-order valence-electron chi connectivity index (χ3n) is 1.67. The highest BCUT2D eigenvalue weighted by atomic mass is 79.9. The van der Waals surface area contributed by atoms with Gasteiger partial charge in [-0.05, 0) is 24.1 Å². The molecule has 1 rings (SSSR count). The minimum Gasteiger partial charge on any atom is -0.330 e. The van der Waals surface area contributed by atoms with Gasteiger partial charge in [0.25, 0.3) is 0 Å². The average molecular weight is 213 g/mol. The summed E-state index contributed by atoms with van der Waals surface area (Å²) in [5, 5.41) is 0. The van der Waals surface area contributed by atoms with Crippen LogP contribution in [0.5, 0.6) is 0 Å². The van der Waals surface area contributed by atoms with Gasteiger partial charge in [0, 0.05) is 10.5 Å². The Hall–Kier alpha value is -0.340. The van der Waals surface area contributed by atoms with Gasteiger partial charge in [0.2, 0.25) is 0 Å². The van der Waals surface area contributed by atoms with E-state index in [4.69, 9.17) is 5.73 Å². The molecule has 59 valence electrons. The fourth-order valence-electron chi connectivity index (χ4n) is 0.872. The first kappa shape index (κ1) is 8.75. The van der Waals surface area contributed by atoms with E-state index in [1.165, 1.54) is 5.56 Å². The van der Waals surface area contributed by atoms with E-state index < -0.39 is 0 Å². The van der Waals surface area contributed by atoms with Gasteiger partial charge in [0.1, 0.15) is 0 Å². The van der Waals surface area contributed by atoms with Crippen molar-refractivity contribution in [1.82, 2.24) is 0 Å². The molecule has 0 aromatic heterocycles. The molecule has 2 heteroatoms. The summed E-state index contributed by atoms with van der Waals surface area (Å²) in [6, 6.07) is 9.21. The van der Waals surface area contributed by atoms with Gasteiger partial charge in [-0.25, -0.2) is 0 Å². The Kier molecular flexibility index (Phi) is 3.09. The lowest BCUT2D eigenvalue weighted by atomic mass is 10.0. The number of benzene rings is 1. The summed E-state index contributed by atoms with van der Waals surface area (Å²) in [5.74, 6) is 0.396. The minimum absolute atomic E-state index is 0.396. The number of rotatable bonds is 2. The number of hydrogen-bond acceptors (Lipinski definition) is 1. The van der Waals surface area contributed by atoms with Crippen molar-refractivity contribution in [2.45, 2.75) is 12.8 Å². The van der Waals surface area contributed by atoms with E-state index in [-0.39, 0.29) is 0 Å². The molecule has 1 nitrogen and oxygen atoms in total. The monoisotopic (exact) mass is 212 g/mol. The smallest absolute Gasteiger partial charge is 0.0257 e. The second-order valence-corrected chi connectivity index (χ2v) is 3.45. The number of halogens is 1. The van der Waals surface area contributed by atoms with Gasteiger partial charge >= 0.3 is 0 Å². The maximum absolute atomic E-state index is 5.52. The summed E-state index contributed by atoms with van der Waals surface area (Å²) in [6.07, 6.45) is 0. The maximum Gasteiger partial charge on any atom is 0.0257 e. The zero-order chi connectivity index (χ0) is 8.27. The van der Waals surface area contributed by atoms with E-state index in [9.17, 15) is 0 Å². The van der Waals surface area contributed by atoms with Crippen LogP contribution in [0.2, 0.25) is 0 Å². The van der Waals surface area contributed by atoms with Crippen LogP contribution in [0.3, 0.4) is 0 Å². The average Bonchev–Trinajstić information content (AvgIpc) is 2.03. The Balaban J connectivity index is 2.86. The van der Waals surface area contributed by atoms with Crippen molar-refractivity contribution >= 4 is 15.9 Å². The maximum atomic E-state index is 5.52. The molecule has 1 radical (unpaired) electrons. The topological polar surface area (TPSA) is 26.0 Å². The van der Waals surface area contributed by atoms with Crippen LogP contribution in [0.15, 0.2) is 22.7 Å². The lowest BCUT2D eigenvalue weighted by Crippen LogP contribution is -2.08. The van der Waals surface area contributed by atoms with Crippen LogP contribution in [0.4, 0.5) is 0 Å². The molecule has 0 aliphatic rings. The van der Waals surface area contributed by atoms with Gasteiger partial charge < -0.3 is 5.73 Å². The van der Waals surface area contributed by atoms with Crippen molar-refractivity contribution in [3.63, 3.8) is 0 Å². The van der Waals surface area contributed by atoms with Crippen LogP contribution in [0.25, 0.3) is 0 Å². The molecule has 1 aromatic carbocycles. The Morgan fingerprint density at radius 3 is 2.91 bits per heavy atom. The van der Waals surface area contributed by atoms with Gasteiger partial charge in [-0.3, -0.25) is 0 Å². The van der Waals surface area contributed by atoms with Crippen LogP contribution in [0, 0.1) is 6.07 Å². The molecule has 0 spiro atoms. The summed E-state index contributed by atoms with van der Waals surface area (Å²) >= 11 is 3.36. The third-order valence-corrected chi connectivity index (χ3v) is 2.13. The predicted molar refractivity (Wildman–Crippen MR) is 50.4 cm³/mol. The van der Waals surface area contributed by atoms with E-state index in [2.05, 4.69) is 28.9 Å². The zero-order valence-corrected chi connectivity index (χ0v) is 8.06. The zero-order valence-electron chi connectivity index (χ0n) is 6.47. The van der Waals surface area contributed by atoms with E-state index >= 15 is 0 Å². The SMILES string of the molecule is CC(CN)c1[c]c(Br)ccc1.